The molecular formula is C37H52O3Y3-6. The van der Waals surface area contributed by atoms with Gasteiger partial charge in [-0.3, -0.25) is 4.79 Å². The van der Waals surface area contributed by atoms with Crippen molar-refractivity contribution in [3.8, 4) is 0 Å². The first kappa shape index (κ1) is 58.5. The molecule has 0 aliphatic carbocycles. The van der Waals surface area contributed by atoms with Gasteiger partial charge in [0.2, 0.25) is 0 Å². The van der Waals surface area contributed by atoms with E-state index in [-0.39, 0.29) is 145 Å². The van der Waals surface area contributed by atoms with Gasteiger partial charge in [0.1, 0.15) is 11.6 Å². The Balaban J connectivity index is -0.0000000836. The van der Waals surface area contributed by atoms with Crippen molar-refractivity contribution in [1.29, 1.82) is 0 Å². The van der Waals surface area contributed by atoms with Crippen molar-refractivity contribution in [3.05, 3.63) is 130 Å². The number of hydrogen-bond acceptors (Lipinski definition) is 3. The first-order valence-electron chi connectivity index (χ1n) is 13.0. The molecule has 0 aromatic heterocycles. The molecule has 0 N–H and O–H groups in total. The molecule has 3 nitrogen and oxygen atoms in total. The second-order valence-corrected chi connectivity index (χ2v) is 8.44. The predicted octanol–water partition coefficient (Wildman–Crippen LogP) is 10.6. The second-order valence-electron chi connectivity index (χ2n) is 8.44. The first-order chi connectivity index (χ1) is 17.5. The summed E-state index contributed by atoms with van der Waals surface area (Å²) in [5, 5.41) is 0. The van der Waals surface area contributed by atoms with E-state index >= 15 is 0 Å². The predicted molar refractivity (Wildman–Crippen MR) is 173 cm³/mol. The van der Waals surface area contributed by atoms with E-state index in [9.17, 15) is 14.4 Å². The molecule has 0 atom stereocenters. The van der Waals surface area contributed by atoms with E-state index in [0.29, 0.717) is 24.8 Å². The van der Waals surface area contributed by atoms with Gasteiger partial charge in [0.05, 0.1) is 5.78 Å². The number of rotatable bonds is 12. The van der Waals surface area contributed by atoms with Crippen LogP contribution in [0.25, 0.3) is 0 Å². The van der Waals surface area contributed by atoms with Crippen LogP contribution in [0.5, 0.6) is 0 Å². The third kappa shape index (κ3) is 29.1. The average Bonchev–Trinajstić information content (AvgIpc) is 2.95. The molecule has 3 aromatic rings. The van der Waals surface area contributed by atoms with Crippen molar-refractivity contribution in [2.45, 2.75) is 86.0 Å². The summed E-state index contributed by atoms with van der Waals surface area (Å²) in [4.78, 5) is 34.1. The van der Waals surface area contributed by atoms with Crippen molar-refractivity contribution in [2.24, 2.45) is 0 Å². The zero-order valence-corrected chi connectivity index (χ0v) is 35.3. The van der Waals surface area contributed by atoms with Crippen molar-refractivity contribution in [1.82, 2.24) is 0 Å². The van der Waals surface area contributed by atoms with Crippen LogP contribution in [0.4, 0.5) is 0 Å². The standard InChI is InChI=1S/3C11H13O.CH4.3CH3.3Y/c3*1-2-3-9-11(12)10-7-5-4-6-8-10;;;;;;;/h5-8H,2-3,9H2,1H3;4-5,7-8H,2-3,9H2,1H3;4-7H,2-3,9H2,1H3;1H4;3*1H3;;;/q3*-1;;3*-1;;;. The number of ketones is 3. The Kier molecular flexibility index (Phi) is 54.4. The SMILES string of the molecule is C.CCCCC(=O)c1[c-]cccc1.CCCCC(=O)c1c[c-]ccc1.CCCCC(=O)c1cc[c-]cc1.[CH3-].[CH3-].[CH3-].[Y].[Y].[Y]. The maximum absolute atomic E-state index is 11.4. The fourth-order valence-electron chi connectivity index (χ4n) is 3.14. The molecule has 0 bridgehead atoms. The molecule has 233 valence electrons. The molecule has 3 radical (unpaired) electrons. The van der Waals surface area contributed by atoms with Crippen LogP contribution in [0.3, 0.4) is 0 Å². The van der Waals surface area contributed by atoms with E-state index in [1.807, 2.05) is 42.5 Å². The monoisotopic (exact) mass is 811 g/mol. The van der Waals surface area contributed by atoms with Gasteiger partial charge in [-0.1, -0.05) is 65.0 Å². The van der Waals surface area contributed by atoms with Crippen molar-refractivity contribution >= 4 is 17.3 Å². The van der Waals surface area contributed by atoms with Crippen LogP contribution in [0.15, 0.2) is 72.8 Å². The maximum atomic E-state index is 11.4. The molecule has 0 aliphatic rings. The molecule has 0 amide bonds. The number of carbonyl (C=O) groups is 3. The first-order valence-corrected chi connectivity index (χ1v) is 13.0. The van der Waals surface area contributed by atoms with Crippen molar-refractivity contribution < 1.29 is 113 Å². The van der Waals surface area contributed by atoms with Gasteiger partial charge in [0.25, 0.3) is 0 Å². The van der Waals surface area contributed by atoms with Gasteiger partial charge in [-0.15, -0.1) is 35.9 Å². The summed E-state index contributed by atoms with van der Waals surface area (Å²) < 4.78 is 0. The largest absolute Gasteiger partial charge is 0.358 e. The molecule has 43 heavy (non-hydrogen) atoms. The molecule has 0 heterocycles. The number of hydrogen-bond donors (Lipinski definition) is 0. The van der Waals surface area contributed by atoms with Crippen molar-refractivity contribution in [2.75, 3.05) is 0 Å². The maximum Gasteiger partial charge on any atom is 0.138 e. The Morgan fingerprint density at radius 1 is 0.558 bits per heavy atom. The molecule has 3 aromatic carbocycles. The molecule has 0 fully saturated rings. The number of unbranched alkanes of at least 4 members (excludes halogenated alkanes) is 3. The summed E-state index contributed by atoms with van der Waals surface area (Å²) in [7, 11) is 0. The van der Waals surface area contributed by atoms with E-state index in [1.165, 1.54) is 0 Å². The van der Waals surface area contributed by atoms with E-state index in [2.05, 4.69) is 39.0 Å². The van der Waals surface area contributed by atoms with Crippen LogP contribution in [-0.2, 0) is 98.1 Å². The smallest absolute Gasteiger partial charge is 0.138 e. The molecular weight excluding hydrogens is 759 g/mol. The Bertz CT molecular complexity index is 863. The third-order valence-electron chi connectivity index (χ3n) is 5.35. The molecule has 3 rings (SSSR count). The molecule has 6 heteroatoms. The van der Waals surface area contributed by atoms with Gasteiger partial charge in [-0.2, -0.15) is 60.7 Å². The quantitative estimate of drug-likeness (QED) is 0.135. The van der Waals surface area contributed by atoms with E-state index in [4.69, 9.17) is 0 Å². The summed E-state index contributed by atoms with van der Waals surface area (Å²) >= 11 is 0. The van der Waals surface area contributed by atoms with Crippen LogP contribution >= 0.6 is 0 Å². The average molecular weight is 812 g/mol. The van der Waals surface area contributed by atoms with Crippen LogP contribution in [0, 0.1) is 40.5 Å². The minimum atomic E-state index is 0. The fourth-order valence-corrected chi connectivity index (χ4v) is 3.14. The normalized spacial score (nSPS) is 8.16. The van der Waals surface area contributed by atoms with Gasteiger partial charge >= 0.3 is 0 Å². The number of benzene rings is 3. The molecule has 0 saturated heterocycles. The van der Waals surface area contributed by atoms with E-state index in [1.54, 1.807) is 30.3 Å². The minimum absolute atomic E-state index is 0. The van der Waals surface area contributed by atoms with Crippen LogP contribution in [0.1, 0.15) is 117 Å². The summed E-state index contributed by atoms with van der Waals surface area (Å²) in [6.07, 6.45) is 8.13. The fraction of sp³-hybridized carbons (Fsp3) is 0.351. The number of carbonyl (C=O) groups excluding carboxylic acids is 3. The summed E-state index contributed by atoms with van der Waals surface area (Å²) in [5.41, 5.74) is 2.30. The Morgan fingerprint density at radius 3 is 1.47 bits per heavy atom. The third-order valence-corrected chi connectivity index (χ3v) is 5.35. The van der Waals surface area contributed by atoms with Gasteiger partial charge in [0, 0.05) is 105 Å². The molecule has 0 aliphatic heterocycles. The Hall–Kier alpha value is -0.0183. The summed E-state index contributed by atoms with van der Waals surface area (Å²) in [5.74, 6) is 0.678. The second kappa shape index (κ2) is 40.0. The molecule has 0 unspecified atom stereocenters. The van der Waals surface area contributed by atoms with Crippen molar-refractivity contribution in [3.63, 3.8) is 0 Å². The van der Waals surface area contributed by atoms with Crippen LogP contribution in [-0.4, -0.2) is 17.3 Å². The minimum Gasteiger partial charge on any atom is -0.358 e. The van der Waals surface area contributed by atoms with E-state index in [0.717, 1.165) is 49.7 Å². The molecule has 0 spiro atoms. The topological polar surface area (TPSA) is 51.2 Å². The summed E-state index contributed by atoms with van der Waals surface area (Å²) in [6.45, 7) is 6.26. The van der Waals surface area contributed by atoms with E-state index < -0.39 is 0 Å². The Morgan fingerprint density at radius 2 is 1.05 bits per heavy atom. The van der Waals surface area contributed by atoms with Gasteiger partial charge in [-0.25, -0.2) is 0 Å². The Labute approximate surface area is 341 Å². The molecule has 0 saturated carbocycles. The van der Waals surface area contributed by atoms with Crippen LogP contribution < -0.4 is 0 Å². The zero-order chi connectivity index (χ0) is 26.4. The van der Waals surface area contributed by atoms with Gasteiger partial charge < -0.3 is 31.9 Å². The van der Waals surface area contributed by atoms with Gasteiger partial charge in [-0.05, 0) is 25.7 Å². The van der Waals surface area contributed by atoms with Crippen LogP contribution in [0.2, 0.25) is 0 Å². The zero-order valence-electron chi connectivity index (χ0n) is 26.7. The summed E-state index contributed by atoms with van der Waals surface area (Å²) in [6, 6.07) is 30.5. The van der Waals surface area contributed by atoms with Gasteiger partial charge in [0.15, 0.2) is 0 Å². The number of Topliss-reactive ketones (excluding diaryl/α,β-unsaturated/α-hetero) is 3.